The number of amides is 1. The molecule has 1 aromatic heterocycles. The van der Waals surface area contributed by atoms with Gasteiger partial charge in [-0.2, -0.15) is 0 Å². The maximum absolute atomic E-state index is 11.9. The number of aryl methyl sites for hydroxylation is 2. The highest BCUT2D eigenvalue weighted by Gasteiger charge is 2.13. The van der Waals surface area contributed by atoms with Crippen LogP contribution in [0.3, 0.4) is 0 Å². The van der Waals surface area contributed by atoms with Gasteiger partial charge in [-0.25, -0.2) is 0 Å². The number of hydrogen-bond acceptors (Lipinski definition) is 5. The van der Waals surface area contributed by atoms with Gasteiger partial charge < -0.3 is 9.15 Å². The molecule has 6 nitrogen and oxygen atoms in total. The van der Waals surface area contributed by atoms with Crippen LogP contribution in [0.1, 0.15) is 17.5 Å². The van der Waals surface area contributed by atoms with Crippen LogP contribution in [-0.2, 0) is 4.79 Å². The van der Waals surface area contributed by atoms with E-state index in [1.807, 2.05) is 62.4 Å². The number of carbonyl (C=O) groups excluding carboxylic acids is 1. The average Bonchev–Trinajstić information content (AvgIpc) is 3.04. The van der Waals surface area contributed by atoms with E-state index < -0.39 is 0 Å². The third kappa shape index (κ3) is 4.44. The second kappa shape index (κ2) is 7.61. The number of benzene rings is 2. The van der Waals surface area contributed by atoms with Crippen LogP contribution >= 0.6 is 0 Å². The topological polar surface area (TPSA) is 77.2 Å². The van der Waals surface area contributed by atoms with E-state index in [0.29, 0.717) is 5.89 Å². The van der Waals surface area contributed by atoms with Crippen molar-refractivity contribution in [3.05, 3.63) is 59.7 Å². The van der Waals surface area contributed by atoms with Crippen molar-refractivity contribution in [2.75, 3.05) is 11.9 Å². The van der Waals surface area contributed by atoms with Crippen molar-refractivity contribution < 1.29 is 13.9 Å². The molecule has 3 rings (SSSR count). The molecule has 1 heterocycles. The summed E-state index contributed by atoms with van der Waals surface area (Å²) in [4.78, 5) is 11.9. The highest BCUT2D eigenvalue weighted by atomic mass is 16.5. The molecule has 0 atom stereocenters. The Balaban J connectivity index is 1.55. The maximum Gasteiger partial charge on any atom is 0.322 e. The Morgan fingerprint density at radius 2 is 1.92 bits per heavy atom. The molecule has 0 aliphatic rings. The van der Waals surface area contributed by atoms with Crippen LogP contribution in [0.2, 0.25) is 0 Å². The minimum atomic E-state index is -0.244. The third-order valence-corrected chi connectivity index (χ3v) is 3.62. The van der Waals surface area contributed by atoms with Gasteiger partial charge in [-0.1, -0.05) is 41.0 Å². The molecule has 0 saturated heterocycles. The Morgan fingerprint density at radius 1 is 1.12 bits per heavy atom. The van der Waals surface area contributed by atoms with Crippen molar-refractivity contribution in [3.63, 3.8) is 0 Å². The lowest BCUT2D eigenvalue weighted by Gasteiger charge is -2.05. The van der Waals surface area contributed by atoms with Crippen LogP contribution in [0.15, 0.2) is 52.9 Å². The predicted molar refractivity (Wildman–Crippen MR) is 94.4 cm³/mol. The molecule has 0 spiro atoms. The van der Waals surface area contributed by atoms with Crippen molar-refractivity contribution in [2.24, 2.45) is 0 Å². The zero-order chi connectivity index (χ0) is 17.6. The van der Waals surface area contributed by atoms with Crippen LogP contribution in [0.4, 0.5) is 6.01 Å². The van der Waals surface area contributed by atoms with Crippen molar-refractivity contribution in [1.82, 2.24) is 10.2 Å². The number of para-hydroxylation sites is 1. The van der Waals surface area contributed by atoms with E-state index in [-0.39, 0.29) is 24.9 Å². The number of aromatic nitrogens is 2. The van der Waals surface area contributed by atoms with Crippen LogP contribution in [0.5, 0.6) is 5.75 Å². The van der Waals surface area contributed by atoms with E-state index in [9.17, 15) is 4.79 Å². The molecule has 3 aromatic rings. The second-order valence-electron chi connectivity index (χ2n) is 5.69. The molecule has 6 heteroatoms. The zero-order valence-corrected chi connectivity index (χ0v) is 14.2. The lowest BCUT2D eigenvalue weighted by molar-refractivity contribution is -0.116. The van der Waals surface area contributed by atoms with Crippen LogP contribution in [-0.4, -0.2) is 22.7 Å². The molecule has 0 unspecified atom stereocenters. The van der Waals surface area contributed by atoms with E-state index in [1.165, 1.54) is 0 Å². The number of anilines is 1. The van der Waals surface area contributed by atoms with Crippen LogP contribution in [0, 0.1) is 13.8 Å². The Kier molecular flexibility index (Phi) is 5.09. The lowest BCUT2D eigenvalue weighted by atomic mass is 10.1. The molecule has 0 aliphatic heterocycles. The Bertz CT molecular complexity index is 859. The monoisotopic (exact) mass is 337 g/mol. The van der Waals surface area contributed by atoms with Crippen molar-refractivity contribution in [1.29, 1.82) is 0 Å². The summed E-state index contributed by atoms with van der Waals surface area (Å²) in [5.74, 6) is 0.866. The highest BCUT2D eigenvalue weighted by Crippen LogP contribution is 2.24. The standard InChI is InChI=1S/C19H19N3O3/c1-13-8-9-16(14(2)12-13)18-21-22-19(25-18)20-17(23)10-11-24-15-6-4-3-5-7-15/h3-9,12H,10-11H2,1-2H3,(H,20,22,23). The maximum atomic E-state index is 11.9. The van der Waals surface area contributed by atoms with E-state index in [0.717, 1.165) is 22.4 Å². The van der Waals surface area contributed by atoms with Gasteiger partial charge in [0.05, 0.1) is 13.0 Å². The minimum absolute atomic E-state index is 0.0830. The van der Waals surface area contributed by atoms with Crippen molar-refractivity contribution in [3.8, 4) is 17.2 Å². The van der Waals surface area contributed by atoms with Gasteiger partial charge in [0.15, 0.2) is 0 Å². The normalized spacial score (nSPS) is 10.5. The van der Waals surface area contributed by atoms with Gasteiger partial charge in [0.1, 0.15) is 5.75 Å². The predicted octanol–water partition coefficient (Wildman–Crippen LogP) is 3.76. The second-order valence-corrected chi connectivity index (χ2v) is 5.69. The number of carbonyl (C=O) groups is 1. The highest BCUT2D eigenvalue weighted by molar-refractivity contribution is 5.88. The minimum Gasteiger partial charge on any atom is -0.493 e. The molecule has 0 aliphatic carbocycles. The number of nitrogens with zero attached hydrogens (tertiary/aromatic N) is 2. The molecular weight excluding hydrogens is 318 g/mol. The molecular formula is C19H19N3O3. The molecule has 128 valence electrons. The van der Waals surface area contributed by atoms with E-state index in [2.05, 4.69) is 15.5 Å². The SMILES string of the molecule is Cc1ccc(-c2nnc(NC(=O)CCOc3ccccc3)o2)c(C)c1. The first kappa shape index (κ1) is 16.7. The van der Waals surface area contributed by atoms with Gasteiger partial charge in [0.2, 0.25) is 11.8 Å². The van der Waals surface area contributed by atoms with Gasteiger partial charge in [-0.05, 0) is 37.6 Å². The largest absolute Gasteiger partial charge is 0.493 e. The summed E-state index contributed by atoms with van der Waals surface area (Å²) >= 11 is 0. The van der Waals surface area contributed by atoms with E-state index >= 15 is 0 Å². The Morgan fingerprint density at radius 3 is 2.68 bits per heavy atom. The van der Waals surface area contributed by atoms with Gasteiger partial charge in [0, 0.05) is 5.56 Å². The molecule has 0 bridgehead atoms. The Labute approximate surface area is 145 Å². The summed E-state index contributed by atoms with van der Waals surface area (Å²) in [6.07, 6.45) is 0.191. The summed E-state index contributed by atoms with van der Waals surface area (Å²) in [6, 6.07) is 15.4. The summed E-state index contributed by atoms with van der Waals surface area (Å²) in [6.45, 7) is 4.27. The number of nitrogens with one attached hydrogen (secondary N) is 1. The first-order valence-electron chi connectivity index (χ1n) is 8.00. The first-order chi connectivity index (χ1) is 12.1. The zero-order valence-electron chi connectivity index (χ0n) is 14.2. The number of rotatable bonds is 6. The summed E-state index contributed by atoms with van der Waals surface area (Å²) in [7, 11) is 0. The van der Waals surface area contributed by atoms with Crippen molar-refractivity contribution in [2.45, 2.75) is 20.3 Å². The van der Waals surface area contributed by atoms with Gasteiger partial charge in [-0.15, -0.1) is 5.10 Å². The molecule has 1 N–H and O–H groups in total. The first-order valence-corrected chi connectivity index (χ1v) is 8.00. The molecule has 0 radical (unpaired) electrons. The molecule has 2 aromatic carbocycles. The average molecular weight is 337 g/mol. The summed E-state index contributed by atoms with van der Waals surface area (Å²) < 4.78 is 11.0. The summed E-state index contributed by atoms with van der Waals surface area (Å²) in [5.41, 5.74) is 3.05. The smallest absolute Gasteiger partial charge is 0.322 e. The summed E-state index contributed by atoms with van der Waals surface area (Å²) in [5, 5.41) is 10.5. The molecule has 0 saturated carbocycles. The van der Waals surface area contributed by atoms with E-state index in [4.69, 9.17) is 9.15 Å². The molecule has 0 fully saturated rings. The van der Waals surface area contributed by atoms with Gasteiger partial charge in [-0.3, -0.25) is 10.1 Å². The fourth-order valence-corrected chi connectivity index (χ4v) is 2.40. The Hall–Kier alpha value is -3.15. The van der Waals surface area contributed by atoms with E-state index in [1.54, 1.807) is 0 Å². The number of hydrogen-bond donors (Lipinski definition) is 1. The fraction of sp³-hybridized carbons (Fsp3) is 0.211. The fourth-order valence-electron chi connectivity index (χ4n) is 2.40. The van der Waals surface area contributed by atoms with Gasteiger partial charge in [0.25, 0.3) is 0 Å². The van der Waals surface area contributed by atoms with Crippen molar-refractivity contribution >= 4 is 11.9 Å². The lowest BCUT2D eigenvalue weighted by Crippen LogP contribution is -2.15. The van der Waals surface area contributed by atoms with Gasteiger partial charge >= 0.3 is 6.01 Å². The molecule has 25 heavy (non-hydrogen) atoms. The number of ether oxygens (including phenoxy) is 1. The van der Waals surface area contributed by atoms with Crippen LogP contribution in [0.25, 0.3) is 11.5 Å². The third-order valence-electron chi connectivity index (χ3n) is 3.62. The quantitative estimate of drug-likeness (QED) is 0.741. The van der Waals surface area contributed by atoms with Crippen LogP contribution < -0.4 is 10.1 Å². The molecule has 1 amide bonds.